The first-order valence-electron chi connectivity index (χ1n) is 9.37. The summed E-state index contributed by atoms with van der Waals surface area (Å²) in [5, 5.41) is 10.6. The molecule has 2 N–H and O–H groups in total. The maximum absolute atomic E-state index is 12.1. The average molecular weight is 364 g/mol. The number of nitrogens with one attached hydrogen (secondary N) is 2. The molecule has 0 aromatic carbocycles. The molecule has 0 radical (unpaired) electrons. The van der Waals surface area contributed by atoms with E-state index >= 15 is 0 Å². The van der Waals surface area contributed by atoms with Crippen LogP contribution in [-0.2, 0) is 16.8 Å². The number of hydrogen-bond acceptors (Lipinski definition) is 5. The van der Waals surface area contributed by atoms with Gasteiger partial charge < -0.3 is 20.1 Å². The van der Waals surface area contributed by atoms with Crippen LogP contribution in [0.25, 0.3) is 0 Å². The van der Waals surface area contributed by atoms with Crippen molar-refractivity contribution in [3.8, 4) is 0 Å². The number of carbonyl (C=O) groups excluding carboxylic acids is 1. The van der Waals surface area contributed by atoms with Crippen LogP contribution in [0.4, 0.5) is 0 Å². The van der Waals surface area contributed by atoms with E-state index in [1.54, 1.807) is 0 Å². The number of likely N-dealkylation sites (tertiary alicyclic amines) is 1. The van der Waals surface area contributed by atoms with Crippen molar-refractivity contribution in [3.63, 3.8) is 0 Å². The number of rotatable bonds is 5. The summed E-state index contributed by atoms with van der Waals surface area (Å²) in [5.74, 6) is 2.12. The molecule has 0 saturated carbocycles. The second-order valence-electron chi connectivity index (χ2n) is 8.03. The highest BCUT2D eigenvalue weighted by molar-refractivity contribution is 5.81. The minimum absolute atomic E-state index is 0.0332. The molecular weight excluding hydrogens is 332 g/mol. The van der Waals surface area contributed by atoms with E-state index < -0.39 is 0 Å². The number of guanidine groups is 1. The Morgan fingerprint density at radius 1 is 1.42 bits per heavy atom. The van der Waals surface area contributed by atoms with E-state index in [-0.39, 0.29) is 23.3 Å². The summed E-state index contributed by atoms with van der Waals surface area (Å²) < 4.78 is 5.30. The van der Waals surface area contributed by atoms with Crippen molar-refractivity contribution >= 4 is 11.9 Å². The molecule has 0 spiro atoms. The normalized spacial score (nSPS) is 18.5. The Bertz CT molecular complexity index is 632. The molecule has 1 aromatic heterocycles. The first-order chi connectivity index (χ1) is 12.2. The van der Waals surface area contributed by atoms with Crippen molar-refractivity contribution in [1.29, 1.82) is 0 Å². The Morgan fingerprint density at radius 2 is 2.15 bits per heavy atom. The Morgan fingerprint density at radius 3 is 2.73 bits per heavy atom. The monoisotopic (exact) mass is 364 g/mol. The first-order valence-corrected chi connectivity index (χ1v) is 9.37. The van der Waals surface area contributed by atoms with E-state index in [9.17, 15) is 4.79 Å². The summed E-state index contributed by atoms with van der Waals surface area (Å²) >= 11 is 0. The van der Waals surface area contributed by atoms with Crippen molar-refractivity contribution in [2.45, 2.75) is 66.0 Å². The molecule has 0 aliphatic carbocycles. The Labute approximate surface area is 155 Å². The molecule has 146 valence electrons. The lowest BCUT2D eigenvalue weighted by Crippen LogP contribution is -2.45. The predicted octanol–water partition coefficient (Wildman–Crippen LogP) is 1.68. The van der Waals surface area contributed by atoms with Crippen molar-refractivity contribution in [3.05, 3.63) is 11.7 Å². The van der Waals surface area contributed by atoms with E-state index in [0.717, 1.165) is 19.5 Å². The van der Waals surface area contributed by atoms with E-state index in [1.165, 1.54) is 0 Å². The van der Waals surface area contributed by atoms with Gasteiger partial charge in [0, 0.05) is 37.0 Å². The molecule has 1 amide bonds. The van der Waals surface area contributed by atoms with E-state index in [4.69, 9.17) is 4.52 Å². The molecule has 2 rings (SSSR count). The van der Waals surface area contributed by atoms with E-state index in [0.29, 0.717) is 30.8 Å². The standard InChI is InChI=1S/C18H32N6O2/c1-7-19-17(20-10-14-22-16(26-23-14)18(4,5)6)21-13-8-9-24(11-13)15(25)12(2)3/h12-13H,7-11H2,1-6H3,(H2,19,20,21). The Hall–Kier alpha value is -2.12. The molecule has 2 heterocycles. The van der Waals surface area contributed by atoms with Gasteiger partial charge in [-0.3, -0.25) is 4.79 Å². The van der Waals surface area contributed by atoms with Gasteiger partial charge in [-0.15, -0.1) is 0 Å². The van der Waals surface area contributed by atoms with Crippen molar-refractivity contribution in [2.75, 3.05) is 19.6 Å². The molecule has 0 bridgehead atoms. The summed E-state index contributed by atoms with van der Waals surface area (Å²) in [6, 6.07) is 0.200. The molecule has 1 unspecified atom stereocenters. The molecule has 1 atom stereocenters. The van der Waals surface area contributed by atoms with Gasteiger partial charge in [-0.1, -0.05) is 39.8 Å². The summed E-state index contributed by atoms with van der Waals surface area (Å²) in [6.07, 6.45) is 0.916. The van der Waals surface area contributed by atoms with Gasteiger partial charge in [0.2, 0.25) is 11.8 Å². The third kappa shape index (κ3) is 5.44. The van der Waals surface area contributed by atoms with E-state index in [2.05, 4.69) is 25.8 Å². The smallest absolute Gasteiger partial charge is 0.232 e. The summed E-state index contributed by atoms with van der Waals surface area (Å²) in [4.78, 5) is 23.0. The zero-order valence-electron chi connectivity index (χ0n) is 16.8. The van der Waals surface area contributed by atoms with Gasteiger partial charge in [0.05, 0.1) is 0 Å². The van der Waals surface area contributed by atoms with Gasteiger partial charge in [-0.2, -0.15) is 4.98 Å². The number of aromatic nitrogens is 2. The first kappa shape index (κ1) is 20.2. The van der Waals surface area contributed by atoms with Crippen molar-refractivity contribution < 1.29 is 9.32 Å². The molecule has 1 fully saturated rings. The fourth-order valence-corrected chi connectivity index (χ4v) is 2.73. The number of hydrogen-bond donors (Lipinski definition) is 2. The van der Waals surface area contributed by atoms with Crippen LogP contribution in [0, 0.1) is 5.92 Å². The lowest BCUT2D eigenvalue weighted by molar-refractivity contribution is -0.133. The predicted molar refractivity (Wildman–Crippen MR) is 101 cm³/mol. The van der Waals surface area contributed by atoms with Crippen LogP contribution in [0.1, 0.15) is 59.7 Å². The Balaban J connectivity index is 1.95. The van der Waals surface area contributed by atoms with Crippen LogP contribution in [0.2, 0.25) is 0 Å². The fourth-order valence-electron chi connectivity index (χ4n) is 2.73. The van der Waals surface area contributed by atoms with Gasteiger partial charge in [0.25, 0.3) is 0 Å². The number of amides is 1. The lowest BCUT2D eigenvalue weighted by atomic mass is 9.97. The quantitative estimate of drug-likeness (QED) is 0.610. The van der Waals surface area contributed by atoms with Crippen LogP contribution in [0.15, 0.2) is 9.52 Å². The number of nitrogens with zero attached hydrogens (tertiary/aromatic N) is 4. The molecule has 1 aromatic rings. The average Bonchev–Trinajstić information content (AvgIpc) is 3.21. The van der Waals surface area contributed by atoms with Crippen LogP contribution < -0.4 is 10.6 Å². The maximum Gasteiger partial charge on any atom is 0.232 e. The lowest BCUT2D eigenvalue weighted by Gasteiger charge is -2.20. The highest BCUT2D eigenvalue weighted by Crippen LogP contribution is 2.19. The molecular formula is C18H32N6O2. The molecule has 1 aliphatic heterocycles. The van der Waals surface area contributed by atoms with Crippen molar-refractivity contribution in [2.24, 2.45) is 10.9 Å². The van der Waals surface area contributed by atoms with Crippen LogP contribution in [-0.4, -0.2) is 52.6 Å². The van der Waals surface area contributed by atoms with Crippen LogP contribution in [0.3, 0.4) is 0 Å². The third-order valence-electron chi connectivity index (χ3n) is 4.17. The SMILES string of the molecule is CCNC(=NCc1noc(C(C)(C)C)n1)NC1CCN(C(=O)C(C)C)C1. The fraction of sp³-hybridized carbons (Fsp3) is 0.778. The molecule has 1 aliphatic rings. The second-order valence-corrected chi connectivity index (χ2v) is 8.03. The zero-order valence-corrected chi connectivity index (χ0v) is 16.8. The van der Waals surface area contributed by atoms with E-state index in [1.807, 2.05) is 46.4 Å². The summed E-state index contributed by atoms with van der Waals surface area (Å²) in [6.45, 7) is 14.6. The van der Waals surface area contributed by atoms with Gasteiger partial charge in [0.1, 0.15) is 6.54 Å². The third-order valence-corrected chi connectivity index (χ3v) is 4.17. The summed E-state index contributed by atoms with van der Waals surface area (Å²) in [5.41, 5.74) is -0.173. The molecule has 26 heavy (non-hydrogen) atoms. The summed E-state index contributed by atoms with van der Waals surface area (Å²) in [7, 11) is 0. The van der Waals surface area contributed by atoms with Gasteiger partial charge in [-0.05, 0) is 13.3 Å². The second kappa shape index (κ2) is 8.51. The van der Waals surface area contributed by atoms with Crippen molar-refractivity contribution in [1.82, 2.24) is 25.7 Å². The minimum atomic E-state index is -0.173. The Kier molecular flexibility index (Phi) is 6.61. The molecule has 1 saturated heterocycles. The number of carbonyl (C=O) groups is 1. The number of aliphatic imine (C=N–C) groups is 1. The van der Waals surface area contributed by atoms with Crippen LogP contribution >= 0.6 is 0 Å². The maximum atomic E-state index is 12.1. The molecule has 8 heteroatoms. The van der Waals surface area contributed by atoms with Gasteiger partial charge in [-0.25, -0.2) is 4.99 Å². The highest BCUT2D eigenvalue weighted by Gasteiger charge is 2.28. The topological polar surface area (TPSA) is 95.7 Å². The van der Waals surface area contributed by atoms with Crippen LogP contribution in [0.5, 0.6) is 0 Å². The highest BCUT2D eigenvalue weighted by atomic mass is 16.5. The molecule has 8 nitrogen and oxygen atoms in total. The zero-order chi connectivity index (χ0) is 19.3. The minimum Gasteiger partial charge on any atom is -0.357 e. The van der Waals surface area contributed by atoms with Gasteiger partial charge in [0.15, 0.2) is 11.8 Å². The van der Waals surface area contributed by atoms with Gasteiger partial charge >= 0.3 is 0 Å². The largest absolute Gasteiger partial charge is 0.357 e.